The summed E-state index contributed by atoms with van der Waals surface area (Å²) in [6.45, 7) is 0. The number of aromatic hydroxyl groups is 2. The number of ether oxygens (including phenoxy) is 3. The molecule has 0 fully saturated rings. The molecular weight excluding hydrogens is 300 g/mol. The lowest BCUT2D eigenvalue weighted by atomic mass is 9.94. The van der Waals surface area contributed by atoms with E-state index in [2.05, 4.69) is 0 Å². The number of hydrogen-bond donors (Lipinski definition) is 3. The molecule has 6 nitrogen and oxygen atoms in total. The lowest BCUT2D eigenvalue weighted by molar-refractivity contribution is 0.0197. The Kier molecular flexibility index (Phi) is 3.92. The summed E-state index contributed by atoms with van der Waals surface area (Å²) in [5.41, 5.74) is 1.15. The van der Waals surface area contributed by atoms with Crippen LogP contribution in [0.3, 0.4) is 0 Å². The molecule has 3 rings (SSSR count). The van der Waals surface area contributed by atoms with Crippen LogP contribution >= 0.6 is 0 Å². The monoisotopic (exact) mass is 318 g/mol. The molecule has 0 amide bonds. The van der Waals surface area contributed by atoms with Crippen LogP contribution in [-0.4, -0.2) is 35.6 Å². The van der Waals surface area contributed by atoms with Crippen molar-refractivity contribution in [2.45, 2.75) is 18.6 Å². The van der Waals surface area contributed by atoms with Gasteiger partial charge in [-0.2, -0.15) is 0 Å². The first-order valence-corrected chi connectivity index (χ1v) is 7.15. The average molecular weight is 318 g/mol. The summed E-state index contributed by atoms with van der Waals surface area (Å²) in [6.07, 6.45) is -1.27. The Morgan fingerprint density at radius 2 is 1.83 bits per heavy atom. The van der Waals surface area contributed by atoms with Gasteiger partial charge in [-0.3, -0.25) is 0 Å². The fourth-order valence-electron chi connectivity index (χ4n) is 2.74. The Labute approximate surface area is 133 Å². The van der Waals surface area contributed by atoms with E-state index in [1.165, 1.54) is 26.4 Å². The van der Waals surface area contributed by atoms with Gasteiger partial charge in [0.15, 0.2) is 11.5 Å². The molecule has 3 N–H and O–H groups in total. The molecular formula is C17H18O6. The number of methoxy groups -OCH3 is 2. The van der Waals surface area contributed by atoms with Crippen LogP contribution in [-0.2, 0) is 6.42 Å². The van der Waals surface area contributed by atoms with Crippen LogP contribution in [0.2, 0.25) is 0 Å². The third-order valence-electron chi connectivity index (χ3n) is 3.94. The van der Waals surface area contributed by atoms with Crippen molar-refractivity contribution >= 4 is 0 Å². The first-order chi connectivity index (χ1) is 11.0. The molecule has 0 saturated heterocycles. The fourth-order valence-corrected chi connectivity index (χ4v) is 2.74. The molecule has 1 aliphatic heterocycles. The van der Waals surface area contributed by atoms with Crippen molar-refractivity contribution in [2.24, 2.45) is 0 Å². The second-order valence-electron chi connectivity index (χ2n) is 5.36. The maximum absolute atomic E-state index is 10.4. The topological polar surface area (TPSA) is 88.4 Å². The molecule has 0 bridgehead atoms. The first-order valence-electron chi connectivity index (χ1n) is 7.15. The van der Waals surface area contributed by atoms with Gasteiger partial charge in [-0.1, -0.05) is 6.07 Å². The van der Waals surface area contributed by atoms with E-state index < -0.39 is 12.2 Å². The molecule has 0 saturated carbocycles. The molecule has 2 atom stereocenters. The SMILES string of the molecule is COc1cc(O)c2c(c1)O[C@H](c1ccc(OC)c(O)c1)[C@H](O)C2. The minimum Gasteiger partial charge on any atom is -0.507 e. The molecule has 0 unspecified atom stereocenters. The lowest BCUT2D eigenvalue weighted by Crippen LogP contribution is -2.30. The van der Waals surface area contributed by atoms with Gasteiger partial charge in [0.2, 0.25) is 0 Å². The van der Waals surface area contributed by atoms with E-state index in [0.717, 1.165) is 0 Å². The predicted octanol–water partition coefficient (Wildman–Crippen LogP) is 2.15. The second-order valence-corrected chi connectivity index (χ2v) is 5.36. The number of phenols is 2. The molecule has 0 spiro atoms. The highest BCUT2D eigenvalue weighted by Gasteiger charge is 2.32. The number of rotatable bonds is 3. The number of hydrogen-bond acceptors (Lipinski definition) is 6. The Hall–Kier alpha value is -2.60. The number of aliphatic hydroxyl groups excluding tert-OH is 1. The van der Waals surface area contributed by atoms with Gasteiger partial charge in [0, 0.05) is 24.1 Å². The van der Waals surface area contributed by atoms with Crippen molar-refractivity contribution in [3.05, 3.63) is 41.5 Å². The van der Waals surface area contributed by atoms with E-state index in [0.29, 0.717) is 28.4 Å². The number of aliphatic hydroxyl groups is 1. The van der Waals surface area contributed by atoms with E-state index in [1.54, 1.807) is 18.2 Å². The van der Waals surface area contributed by atoms with Gasteiger partial charge in [-0.05, 0) is 17.7 Å². The molecule has 2 aromatic rings. The van der Waals surface area contributed by atoms with Crippen LogP contribution in [0.1, 0.15) is 17.2 Å². The van der Waals surface area contributed by atoms with Crippen LogP contribution in [0.25, 0.3) is 0 Å². The Morgan fingerprint density at radius 3 is 2.48 bits per heavy atom. The third kappa shape index (κ3) is 2.73. The van der Waals surface area contributed by atoms with Gasteiger partial charge in [-0.15, -0.1) is 0 Å². The summed E-state index contributed by atoms with van der Waals surface area (Å²) in [4.78, 5) is 0. The summed E-state index contributed by atoms with van der Waals surface area (Å²) in [6, 6.07) is 7.97. The van der Waals surface area contributed by atoms with Gasteiger partial charge >= 0.3 is 0 Å². The maximum Gasteiger partial charge on any atom is 0.160 e. The maximum atomic E-state index is 10.4. The molecule has 1 heterocycles. The van der Waals surface area contributed by atoms with Crippen molar-refractivity contribution < 1.29 is 29.5 Å². The van der Waals surface area contributed by atoms with E-state index in [4.69, 9.17) is 14.2 Å². The average Bonchev–Trinajstić information content (AvgIpc) is 2.54. The minimum absolute atomic E-state index is 0.0226. The molecule has 122 valence electrons. The Balaban J connectivity index is 1.97. The van der Waals surface area contributed by atoms with Crippen LogP contribution in [0.15, 0.2) is 30.3 Å². The van der Waals surface area contributed by atoms with Crippen molar-refractivity contribution in [3.63, 3.8) is 0 Å². The van der Waals surface area contributed by atoms with Crippen molar-refractivity contribution in [3.8, 4) is 28.7 Å². The van der Waals surface area contributed by atoms with Crippen molar-refractivity contribution in [1.82, 2.24) is 0 Å². The quantitative estimate of drug-likeness (QED) is 0.804. The third-order valence-corrected chi connectivity index (χ3v) is 3.94. The zero-order chi connectivity index (χ0) is 16.6. The molecule has 1 aliphatic rings. The highest BCUT2D eigenvalue weighted by molar-refractivity contribution is 5.52. The summed E-state index contributed by atoms with van der Waals surface area (Å²) in [7, 11) is 2.96. The van der Waals surface area contributed by atoms with E-state index in [-0.39, 0.29) is 17.9 Å². The zero-order valence-electron chi connectivity index (χ0n) is 12.8. The van der Waals surface area contributed by atoms with E-state index in [9.17, 15) is 15.3 Å². The van der Waals surface area contributed by atoms with Crippen LogP contribution in [0, 0.1) is 0 Å². The van der Waals surface area contributed by atoms with Crippen LogP contribution in [0.5, 0.6) is 28.7 Å². The summed E-state index contributed by atoms with van der Waals surface area (Å²) >= 11 is 0. The number of phenolic OH excluding ortho intramolecular Hbond substituents is 2. The summed E-state index contributed by atoms with van der Waals surface area (Å²) in [5.74, 6) is 1.26. The number of benzene rings is 2. The minimum atomic E-state index is -0.852. The largest absolute Gasteiger partial charge is 0.507 e. The van der Waals surface area contributed by atoms with Crippen molar-refractivity contribution in [1.29, 1.82) is 0 Å². The Morgan fingerprint density at radius 1 is 1.04 bits per heavy atom. The second kappa shape index (κ2) is 5.89. The predicted molar refractivity (Wildman–Crippen MR) is 82.4 cm³/mol. The van der Waals surface area contributed by atoms with Crippen molar-refractivity contribution in [2.75, 3.05) is 14.2 Å². The van der Waals surface area contributed by atoms with Gasteiger partial charge in [0.1, 0.15) is 23.4 Å². The van der Waals surface area contributed by atoms with Gasteiger partial charge in [0.25, 0.3) is 0 Å². The molecule has 23 heavy (non-hydrogen) atoms. The first kappa shape index (κ1) is 15.3. The molecule has 0 radical (unpaired) electrons. The zero-order valence-corrected chi connectivity index (χ0v) is 12.8. The standard InChI is InChI=1S/C17H18O6/c1-21-10-6-12(18)11-8-14(20)17(23-16(11)7-10)9-3-4-15(22-2)13(19)5-9/h3-7,14,17-20H,8H2,1-2H3/t14-,17-/m1/s1. The highest BCUT2D eigenvalue weighted by Crippen LogP contribution is 2.43. The summed E-state index contributed by atoms with van der Waals surface area (Å²) in [5, 5.41) is 30.3. The molecule has 2 aromatic carbocycles. The normalized spacial score (nSPS) is 19.6. The molecule has 6 heteroatoms. The lowest BCUT2D eigenvalue weighted by Gasteiger charge is -2.31. The van der Waals surface area contributed by atoms with E-state index in [1.807, 2.05) is 0 Å². The highest BCUT2D eigenvalue weighted by atomic mass is 16.5. The van der Waals surface area contributed by atoms with Gasteiger partial charge in [0.05, 0.1) is 20.3 Å². The smallest absolute Gasteiger partial charge is 0.160 e. The number of fused-ring (bicyclic) bond motifs is 1. The Bertz CT molecular complexity index is 727. The summed E-state index contributed by atoms with van der Waals surface area (Å²) < 4.78 is 16.0. The molecule has 0 aliphatic carbocycles. The van der Waals surface area contributed by atoms with Crippen LogP contribution < -0.4 is 14.2 Å². The fraction of sp³-hybridized carbons (Fsp3) is 0.294. The van der Waals surface area contributed by atoms with Gasteiger partial charge < -0.3 is 29.5 Å². The van der Waals surface area contributed by atoms with Crippen LogP contribution in [0.4, 0.5) is 0 Å². The van der Waals surface area contributed by atoms with E-state index >= 15 is 0 Å². The van der Waals surface area contributed by atoms with Gasteiger partial charge in [-0.25, -0.2) is 0 Å². The molecule has 0 aromatic heterocycles.